The van der Waals surface area contributed by atoms with E-state index in [-0.39, 0.29) is 23.6 Å². The van der Waals surface area contributed by atoms with E-state index in [1.54, 1.807) is 0 Å². The van der Waals surface area contributed by atoms with E-state index in [0.29, 0.717) is 6.61 Å². The molecule has 0 bridgehead atoms. The van der Waals surface area contributed by atoms with Gasteiger partial charge in [0.05, 0.1) is 6.61 Å². The summed E-state index contributed by atoms with van der Waals surface area (Å²) in [5, 5.41) is 2.96. The molecule has 1 fully saturated rings. The van der Waals surface area contributed by atoms with Crippen molar-refractivity contribution < 1.29 is 9.53 Å². The fourth-order valence-corrected chi connectivity index (χ4v) is 2.43. The molecule has 0 spiro atoms. The summed E-state index contributed by atoms with van der Waals surface area (Å²) in [5.74, 6) is -0.0518. The van der Waals surface area contributed by atoms with E-state index in [4.69, 9.17) is 10.5 Å². The molecule has 1 aliphatic rings. The van der Waals surface area contributed by atoms with Crippen LogP contribution in [0.5, 0.6) is 0 Å². The molecule has 0 heterocycles. The zero-order chi connectivity index (χ0) is 14.4. The van der Waals surface area contributed by atoms with E-state index >= 15 is 0 Å². The molecule has 0 saturated heterocycles. The zero-order valence-electron chi connectivity index (χ0n) is 12.8. The minimum atomic E-state index is -0.225. The summed E-state index contributed by atoms with van der Waals surface area (Å²) in [5.41, 5.74) is 5.95. The molecule has 1 saturated carbocycles. The van der Waals surface area contributed by atoms with E-state index < -0.39 is 0 Å². The van der Waals surface area contributed by atoms with Gasteiger partial charge in [-0.15, -0.1) is 0 Å². The molecule has 112 valence electrons. The van der Waals surface area contributed by atoms with Gasteiger partial charge in [0.15, 0.2) is 0 Å². The van der Waals surface area contributed by atoms with Gasteiger partial charge in [-0.05, 0) is 33.1 Å². The second-order valence-electron chi connectivity index (χ2n) is 6.55. The summed E-state index contributed by atoms with van der Waals surface area (Å²) in [7, 11) is 0. The van der Waals surface area contributed by atoms with Crippen LogP contribution < -0.4 is 11.1 Å². The van der Waals surface area contributed by atoms with Crippen LogP contribution in [0, 0.1) is 0 Å². The topological polar surface area (TPSA) is 64.3 Å². The minimum Gasteiger partial charge on any atom is -0.370 e. The maximum absolute atomic E-state index is 11.8. The van der Waals surface area contributed by atoms with Crippen LogP contribution in [0.1, 0.15) is 65.7 Å². The first-order valence-corrected chi connectivity index (χ1v) is 7.55. The van der Waals surface area contributed by atoms with Crippen LogP contribution in [0.15, 0.2) is 0 Å². The van der Waals surface area contributed by atoms with Gasteiger partial charge in [0.2, 0.25) is 5.91 Å². The maximum Gasteiger partial charge on any atom is 0.246 e. The van der Waals surface area contributed by atoms with E-state index in [9.17, 15) is 4.79 Å². The fraction of sp³-hybridized carbons (Fsp3) is 0.933. The first-order valence-electron chi connectivity index (χ1n) is 7.55. The van der Waals surface area contributed by atoms with Crippen molar-refractivity contribution in [2.24, 2.45) is 5.73 Å². The summed E-state index contributed by atoms with van der Waals surface area (Å²) in [6.07, 6.45) is 7.81. The molecule has 4 nitrogen and oxygen atoms in total. The molecule has 0 unspecified atom stereocenters. The maximum atomic E-state index is 11.8. The summed E-state index contributed by atoms with van der Waals surface area (Å²) in [6, 6.07) is 0. The first kappa shape index (κ1) is 16.4. The van der Waals surface area contributed by atoms with Crippen molar-refractivity contribution in [2.75, 3.05) is 13.2 Å². The molecular formula is C15H30N2O2. The summed E-state index contributed by atoms with van der Waals surface area (Å²) < 4.78 is 5.55. The minimum absolute atomic E-state index is 0.0518. The number of amides is 1. The summed E-state index contributed by atoms with van der Waals surface area (Å²) in [6.45, 7) is 6.69. The van der Waals surface area contributed by atoms with Crippen LogP contribution in [0.3, 0.4) is 0 Å². The molecule has 4 heteroatoms. The number of carbonyl (C=O) groups is 1. The average Bonchev–Trinajstić information content (AvgIpc) is 2.54. The lowest BCUT2D eigenvalue weighted by Crippen LogP contribution is -2.47. The lowest BCUT2D eigenvalue weighted by Gasteiger charge is -2.28. The Morgan fingerprint density at radius 3 is 2.37 bits per heavy atom. The lowest BCUT2D eigenvalue weighted by atomic mass is 9.93. The molecule has 1 amide bonds. The van der Waals surface area contributed by atoms with Gasteiger partial charge in [-0.25, -0.2) is 0 Å². The molecule has 0 aromatic heterocycles. The summed E-state index contributed by atoms with van der Waals surface area (Å²) >= 11 is 0. The number of rotatable bonds is 6. The molecule has 1 aliphatic carbocycles. The normalized spacial score (nSPS) is 19.8. The highest BCUT2D eigenvalue weighted by molar-refractivity contribution is 5.77. The Morgan fingerprint density at radius 1 is 1.26 bits per heavy atom. The van der Waals surface area contributed by atoms with E-state index in [0.717, 1.165) is 19.3 Å². The number of ether oxygens (including phenoxy) is 1. The van der Waals surface area contributed by atoms with Gasteiger partial charge in [0.1, 0.15) is 6.61 Å². The van der Waals surface area contributed by atoms with Gasteiger partial charge in [0.25, 0.3) is 0 Å². The molecule has 0 aliphatic heterocycles. The van der Waals surface area contributed by atoms with E-state index in [1.165, 1.54) is 25.7 Å². The molecule has 0 atom stereocenters. The standard InChI is InChI=1S/C15H30N2O2/c1-4-14(2,3)17-13(18)11-19-12-15(16)9-7-5-6-8-10-15/h4-12,16H2,1-3H3,(H,17,18). The first-order chi connectivity index (χ1) is 8.87. The Balaban J connectivity index is 2.27. The molecule has 1 rings (SSSR count). The van der Waals surface area contributed by atoms with Gasteiger partial charge in [-0.3, -0.25) is 4.79 Å². The highest BCUT2D eigenvalue weighted by atomic mass is 16.5. The van der Waals surface area contributed by atoms with Crippen LogP contribution in [0.2, 0.25) is 0 Å². The van der Waals surface area contributed by atoms with E-state index in [1.807, 2.05) is 13.8 Å². The number of carbonyl (C=O) groups excluding carboxylic acids is 1. The van der Waals surface area contributed by atoms with Crippen molar-refractivity contribution in [1.82, 2.24) is 5.32 Å². The number of hydrogen-bond acceptors (Lipinski definition) is 3. The van der Waals surface area contributed by atoms with Crippen molar-refractivity contribution in [1.29, 1.82) is 0 Å². The Hall–Kier alpha value is -0.610. The van der Waals surface area contributed by atoms with Crippen LogP contribution in [-0.2, 0) is 9.53 Å². The average molecular weight is 270 g/mol. The molecule has 0 aromatic carbocycles. The molecule has 3 N–H and O–H groups in total. The molecule has 0 radical (unpaired) electrons. The molecule has 0 aromatic rings. The fourth-order valence-electron chi connectivity index (χ4n) is 2.43. The highest BCUT2D eigenvalue weighted by Gasteiger charge is 2.27. The second kappa shape index (κ2) is 7.25. The Kier molecular flexibility index (Phi) is 6.27. The Labute approximate surface area is 117 Å². The van der Waals surface area contributed by atoms with Gasteiger partial charge < -0.3 is 15.8 Å². The SMILES string of the molecule is CCC(C)(C)NC(=O)COCC1(N)CCCCCC1. The van der Waals surface area contributed by atoms with Gasteiger partial charge in [-0.2, -0.15) is 0 Å². The largest absolute Gasteiger partial charge is 0.370 e. The Bertz CT molecular complexity index is 282. The van der Waals surface area contributed by atoms with Crippen LogP contribution in [0.4, 0.5) is 0 Å². The third-order valence-corrected chi connectivity index (χ3v) is 4.08. The van der Waals surface area contributed by atoms with Crippen molar-refractivity contribution >= 4 is 5.91 Å². The highest BCUT2D eigenvalue weighted by Crippen LogP contribution is 2.25. The van der Waals surface area contributed by atoms with Gasteiger partial charge in [0, 0.05) is 11.1 Å². The van der Waals surface area contributed by atoms with Gasteiger partial charge in [-0.1, -0.05) is 32.6 Å². The van der Waals surface area contributed by atoms with Crippen molar-refractivity contribution in [2.45, 2.75) is 76.8 Å². The van der Waals surface area contributed by atoms with Crippen molar-refractivity contribution in [3.05, 3.63) is 0 Å². The Morgan fingerprint density at radius 2 is 1.84 bits per heavy atom. The van der Waals surface area contributed by atoms with Crippen molar-refractivity contribution in [3.63, 3.8) is 0 Å². The third kappa shape index (κ3) is 6.39. The smallest absolute Gasteiger partial charge is 0.246 e. The van der Waals surface area contributed by atoms with Crippen LogP contribution >= 0.6 is 0 Å². The predicted octanol–water partition coefficient (Wildman–Crippen LogP) is 2.36. The van der Waals surface area contributed by atoms with Crippen LogP contribution in [-0.4, -0.2) is 30.2 Å². The molecular weight excluding hydrogens is 240 g/mol. The quantitative estimate of drug-likeness (QED) is 0.728. The number of hydrogen-bond donors (Lipinski definition) is 2. The predicted molar refractivity (Wildman–Crippen MR) is 78.0 cm³/mol. The van der Waals surface area contributed by atoms with Crippen molar-refractivity contribution in [3.8, 4) is 0 Å². The van der Waals surface area contributed by atoms with Gasteiger partial charge >= 0.3 is 0 Å². The van der Waals surface area contributed by atoms with Crippen LogP contribution in [0.25, 0.3) is 0 Å². The third-order valence-electron chi connectivity index (χ3n) is 4.08. The van der Waals surface area contributed by atoms with E-state index in [2.05, 4.69) is 12.2 Å². The molecule has 19 heavy (non-hydrogen) atoms. The lowest BCUT2D eigenvalue weighted by molar-refractivity contribution is -0.128. The summed E-state index contributed by atoms with van der Waals surface area (Å²) in [4.78, 5) is 11.8. The number of nitrogens with one attached hydrogen (secondary N) is 1. The zero-order valence-corrected chi connectivity index (χ0v) is 12.8. The number of nitrogens with two attached hydrogens (primary N) is 1. The monoisotopic (exact) mass is 270 g/mol. The second-order valence-corrected chi connectivity index (χ2v) is 6.55.